The molecule has 3 rings (SSSR count). The van der Waals surface area contributed by atoms with E-state index in [-0.39, 0.29) is 60.7 Å². The second-order valence-corrected chi connectivity index (χ2v) is 7.94. The Morgan fingerprint density at radius 1 is 1.43 bits per heavy atom. The normalized spacial score (nSPS) is 29.9. The van der Waals surface area contributed by atoms with E-state index in [0.29, 0.717) is 0 Å². The predicted molar refractivity (Wildman–Crippen MR) is 99.8 cm³/mol. The summed E-state index contributed by atoms with van der Waals surface area (Å²) in [5.41, 5.74) is 3.44. The monoisotopic (exact) mass is 672 g/mol. The molecule has 1 unspecified atom stereocenters. The minimum Gasteiger partial charge on any atom is -0.476 e. The number of hydrogen-bond donors (Lipinski definition) is 1. The number of ether oxygens (including phenoxy) is 2. The molecule has 3 heterocycles. The van der Waals surface area contributed by atoms with Crippen molar-refractivity contribution in [3.05, 3.63) is 13.3 Å². The van der Waals surface area contributed by atoms with Crippen LogP contribution in [0.3, 0.4) is 0 Å². The molecule has 0 spiro atoms. The summed E-state index contributed by atoms with van der Waals surface area (Å²) >= 11 is 0. The van der Waals surface area contributed by atoms with Gasteiger partial charge in [0.1, 0.15) is 12.0 Å². The Balaban J connectivity index is 0.00000320. The molecule has 0 aliphatic carbocycles. The van der Waals surface area contributed by atoms with Crippen molar-refractivity contribution in [3.63, 3.8) is 0 Å². The molecule has 0 aromatic carbocycles. The first-order valence-corrected chi connectivity index (χ1v) is 10.1. The Morgan fingerprint density at radius 3 is 2.70 bits per heavy atom. The zero-order valence-electron chi connectivity index (χ0n) is 16.9. The van der Waals surface area contributed by atoms with Crippen LogP contribution in [0, 0.1) is 38.0 Å². The maximum Gasteiger partial charge on any atom is 0.319 e. The van der Waals surface area contributed by atoms with Gasteiger partial charge in [-0.3, -0.25) is 16.1 Å². The average Bonchev–Trinajstić information content (AvgIpc) is 3.06. The van der Waals surface area contributed by atoms with Crippen molar-refractivity contribution in [3.8, 4) is 5.88 Å². The smallest absolute Gasteiger partial charge is 0.319 e. The van der Waals surface area contributed by atoms with Crippen LogP contribution >= 0.6 is 8.25 Å². The molecule has 0 radical (unpaired) electrons. The van der Waals surface area contributed by atoms with Gasteiger partial charge in [0.2, 0.25) is 11.8 Å². The summed E-state index contributed by atoms with van der Waals surface area (Å²) < 4.78 is 64.5. The quantitative estimate of drug-likeness (QED) is 0.350. The van der Waals surface area contributed by atoms with E-state index in [1.165, 1.54) is 6.33 Å². The second kappa shape index (κ2) is 9.35. The third-order valence-corrected chi connectivity index (χ3v) is 5.27. The number of nitrogens with zero attached hydrogens (tertiary/aromatic N) is 4. The van der Waals surface area contributed by atoms with Crippen molar-refractivity contribution < 1.29 is 63.0 Å². The van der Waals surface area contributed by atoms with Gasteiger partial charge in [-0.2, -0.15) is 9.97 Å². The summed E-state index contributed by atoms with van der Waals surface area (Å²) in [5.74, 6) is -2.91. The molecule has 2 aromatic rings. The number of alkyl halides is 2. The van der Waals surface area contributed by atoms with Gasteiger partial charge in [0.15, 0.2) is 23.1 Å². The van der Waals surface area contributed by atoms with E-state index in [0.717, 1.165) is 11.5 Å². The molecule has 2 N–H and O–H groups in total. The van der Waals surface area contributed by atoms with Crippen molar-refractivity contribution in [2.75, 3.05) is 12.3 Å². The number of rotatable bonds is 7. The van der Waals surface area contributed by atoms with Crippen LogP contribution in [0.15, 0.2) is 6.33 Å². The number of hydrogen-bond acceptors (Lipinski definition) is 9. The molecular weight excluding hydrogens is 649 g/mol. The van der Waals surface area contributed by atoms with Gasteiger partial charge in [-0.1, -0.05) is 0 Å². The van der Waals surface area contributed by atoms with Gasteiger partial charge >= 0.3 is 8.25 Å². The van der Waals surface area contributed by atoms with E-state index >= 15 is 4.39 Å². The maximum atomic E-state index is 15.7. The van der Waals surface area contributed by atoms with Crippen LogP contribution < -0.4 is 10.5 Å². The maximum absolute atomic E-state index is 15.7. The number of fused-ring (bicyclic) bond motifs is 1. The first-order valence-electron chi connectivity index (χ1n) is 8.88. The summed E-state index contributed by atoms with van der Waals surface area (Å²) in [7, 11) is -3.21. The Kier molecular flexibility index (Phi) is 7.92. The van der Waals surface area contributed by atoms with Gasteiger partial charge in [0.05, 0.1) is 19.0 Å². The number of nitrogen functional groups attached to an aromatic ring is 1. The molecule has 1 aliphatic heterocycles. The molecule has 0 amide bonds. The molecule has 30 heavy (non-hydrogen) atoms. The summed E-state index contributed by atoms with van der Waals surface area (Å²) in [4.78, 5) is 12.1. The molecule has 1 aliphatic rings. The number of anilines is 1. The standard InChI is InChI=1S/C16H23F2N5O5P.U/c1-6-25-11-9-10(21-14(19)22-11)23(7-20-9)13-15(4,17)12(16(5,18)26-13)28-29(24)27-8(2)3;/h7-8,12-13,29H,5-6H2,1-4H3,(H2,19,21,22);/q-1;/t12-,13+,15+,16+;/m0./s1. The van der Waals surface area contributed by atoms with E-state index < -0.39 is 38.2 Å². The van der Waals surface area contributed by atoms with E-state index in [1.54, 1.807) is 20.8 Å². The van der Waals surface area contributed by atoms with Gasteiger partial charge in [0, 0.05) is 31.1 Å². The van der Waals surface area contributed by atoms with Crippen molar-refractivity contribution >= 4 is 25.4 Å². The Labute approximate surface area is 196 Å². The Morgan fingerprint density at radius 2 is 2.10 bits per heavy atom. The van der Waals surface area contributed by atoms with E-state index in [2.05, 4.69) is 21.9 Å². The minimum absolute atomic E-state index is 0. The fraction of sp³-hybridized carbons (Fsp3) is 0.625. The topological polar surface area (TPSA) is 124 Å². The number of imidazole rings is 1. The van der Waals surface area contributed by atoms with Gasteiger partial charge in [0.25, 0.3) is 0 Å². The summed E-state index contributed by atoms with van der Waals surface area (Å²) in [6.45, 7) is 9.52. The fourth-order valence-corrected chi connectivity index (χ4v) is 4.12. The van der Waals surface area contributed by atoms with Gasteiger partial charge in [-0.15, -0.1) is 0 Å². The third kappa shape index (κ3) is 4.82. The molecule has 1 fully saturated rings. The van der Waals surface area contributed by atoms with Crippen LogP contribution in [0.25, 0.3) is 11.2 Å². The third-order valence-electron chi connectivity index (χ3n) is 4.18. The van der Waals surface area contributed by atoms with Crippen molar-refractivity contribution in [2.24, 2.45) is 0 Å². The molecular formula is C16H23F2N5O5PU-. The first kappa shape index (κ1) is 25.4. The van der Waals surface area contributed by atoms with E-state index in [9.17, 15) is 8.96 Å². The molecule has 14 heteroatoms. The van der Waals surface area contributed by atoms with E-state index in [1.807, 2.05) is 0 Å². The summed E-state index contributed by atoms with van der Waals surface area (Å²) in [6, 6.07) is 0. The molecule has 0 bridgehead atoms. The number of halogens is 2. The largest absolute Gasteiger partial charge is 0.476 e. The van der Waals surface area contributed by atoms with Crippen LogP contribution in [0.1, 0.15) is 33.9 Å². The second-order valence-electron chi connectivity index (χ2n) is 6.97. The molecule has 1 saturated heterocycles. The van der Waals surface area contributed by atoms with E-state index in [4.69, 9.17) is 24.3 Å². The zero-order chi connectivity index (χ0) is 21.6. The summed E-state index contributed by atoms with van der Waals surface area (Å²) in [5, 5.41) is 0. The molecule has 5 atom stereocenters. The molecule has 0 saturated carbocycles. The Hall–Kier alpha value is -0.828. The van der Waals surface area contributed by atoms with Crippen molar-refractivity contribution in [2.45, 2.75) is 57.7 Å². The van der Waals surface area contributed by atoms with Gasteiger partial charge in [-0.05, 0) is 27.7 Å². The van der Waals surface area contributed by atoms with Crippen LogP contribution in [-0.4, -0.2) is 49.9 Å². The van der Waals surface area contributed by atoms with Crippen LogP contribution in [0.2, 0.25) is 0 Å². The average molecular weight is 672 g/mol. The predicted octanol–water partition coefficient (Wildman–Crippen LogP) is 2.76. The Bertz CT molecular complexity index is 929. The molecule has 10 nitrogen and oxygen atoms in total. The van der Waals surface area contributed by atoms with Crippen molar-refractivity contribution in [1.82, 2.24) is 19.5 Å². The molecule has 2 aromatic heterocycles. The SMILES string of the molecule is [CH2-][C@@]1(F)O[C@@H](n2cnc3c(OCC)nc(N)nc32)[C@](C)(F)[C@@H]1O[PH](=O)OC(C)C.[U]. The minimum atomic E-state index is -3.21. The zero-order valence-corrected chi connectivity index (χ0v) is 22.1. The number of aromatic nitrogens is 4. The number of nitrogens with two attached hydrogens (primary N) is 1. The van der Waals surface area contributed by atoms with Crippen LogP contribution in [0.5, 0.6) is 5.88 Å². The summed E-state index contributed by atoms with van der Waals surface area (Å²) in [6.07, 6.45) is -2.81. The van der Waals surface area contributed by atoms with Crippen LogP contribution in [0.4, 0.5) is 14.7 Å². The van der Waals surface area contributed by atoms with Gasteiger partial charge in [-0.25, -0.2) is 13.8 Å². The van der Waals surface area contributed by atoms with Crippen molar-refractivity contribution in [1.29, 1.82) is 0 Å². The first-order chi connectivity index (χ1) is 13.5. The fourth-order valence-electron chi connectivity index (χ4n) is 3.08. The molecule has 166 valence electrons. The van der Waals surface area contributed by atoms with Gasteiger partial charge < -0.3 is 24.3 Å². The van der Waals surface area contributed by atoms with Crippen LogP contribution in [-0.2, 0) is 18.3 Å².